The van der Waals surface area contributed by atoms with Crippen molar-refractivity contribution in [1.82, 2.24) is 0 Å². The first-order chi connectivity index (χ1) is 28.2. The third-order valence-corrected chi connectivity index (χ3v) is 11.7. The summed E-state index contributed by atoms with van der Waals surface area (Å²) in [6.45, 7) is 11.4. The van der Waals surface area contributed by atoms with Crippen molar-refractivity contribution in [2.24, 2.45) is 11.8 Å². The molecule has 1 atom stereocenters. The fourth-order valence-electron chi connectivity index (χ4n) is 7.81. The Morgan fingerprint density at radius 3 is 0.845 bits per heavy atom. The van der Waals surface area contributed by atoms with Gasteiger partial charge in [-0.1, -0.05) is 247 Å². The lowest BCUT2D eigenvalue weighted by Gasteiger charge is -2.18. The zero-order chi connectivity index (χ0) is 42.6. The zero-order valence-corrected chi connectivity index (χ0v) is 39.7. The molecule has 0 fully saturated rings. The van der Waals surface area contributed by atoms with E-state index in [-0.39, 0.29) is 31.1 Å². The molecule has 0 saturated heterocycles. The van der Waals surface area contributed by atoms with Crippen LogP contribution in [-0.4, -0.2) is 37.2 Å². The Balaban J connectivity index is 4.27. The van der Waals surface area contributed by atoms with E-state index in [1.54, 1.807) is 0 Å². The summed E-state index contributed by atoms with van der Waals surface area (Å²) in [5.41, 5.74) is 0. The minimum atomic E-state index is -0.761. The average Bonchev–Trinajstić information content (AvgIpc) is 3.19. The van der Waals surface area contributed by atoms with E-state index in [9.17, 15) is 14.4 Å². The second-order valence-corrected chi connectivity index (χ2v) is 18.8. The summed E-state index contributed by atoms with van der Waals surface area (Å²) in [6, 6.07) is 0. The van der Waals surface area contributed by atoms with Crippen molar-refractivity contribution in [3.8, 4) is 0 Å². The second kappa shape index (κ2) is 44.9. The first kappa shape index (κ1) is 56.4. The van der Waals surface area contributed by atoms with Gasteiger partial charge in [0.05, 0.1) is 0 Å². The van der Waals surface area contributed by atoms with Gasteiger partial charge >= 0.3 is 17.9 Å². The number of esters is 3. The van der Waals surface area contributed by atoms with Gasteiger partial charge in [-0.3, -0.25) is 14.4 Å². The molecule has 0 aliphatic heterocycles. The van der Waals surface area contributed by atoms with E-state index in [1.807, 2.05) is 0 Å². The molecule has 0 aromatic rings. The van der Waals surface area contributed by atoms with Crippen molar-refractivity contribution in [3.05, 3.63) is 0 Å². The van der Waals surface area contributed by atoms with E-state index in [4.69, 9.17) is 14.2 Å². The Labute approximate surface area is 361 Å². The summed E-state index contributed by atoms with van der Waals surface area (Å²) in [6.07, 6.45) is 45.2. The van der Waals surface area contributed by atoms with Crippen molar-refractivity contribution < 1.29 is 28.6 Å². The van der Waals surface area contributed by atoms with Crippen molar-refractivity contribution in [3.63, 3.8) is 0 Å². The molecule has 6 heteroatoms. The lowest BCUT2D eigenvalue weighted by Crippen LogP contribution is -2.30. The molecule has 6 nitrogen and oxygen atoms in total. The molecule has 0 aliphatic rings. The first-order valence-corrected chi connectivity index (χ1v) is 25.7. The number of hydrogen-bond donors (Lipinski definition) is 0. The van der Waals surface area contributed by atoms with E-state index in [0.29, 0.717) is 19.3 Å². The van der Waals surface area contributed by atoms with E-state index >= 15 is 0 Å². The molecule has 344 valence electrons. The highest BCUT2D eigenvalue weighted by Gasteiger charge is 2.19. The lowest BCUT2D eigenvalue weighted by molar-refractivity contribution is -0.167. The summed E-state index contributed by atoms with van der Waals surface area (Å²) < 4.78 is 16.8. The summed E-state index contributed by atoms with van der Waals surface area (Å²) >= 11 is 0. The van der Waals surface area contributed by atoms with Gasteiger partial charge in [-0.25, -0.2) is 0 Å². The van der Waals surface area contributed by atoms with Gasteiger partial charge in [0, 0.05) is 19.3 Å². The molecule has 0 heterocycles. The van der Waals surface area contributed by atoms with Crippen LogP contribution < -0.4 is 0 Å². The topological polar surface area (TPSA) is 78.9 Å². The highest BCUT2D eigenvalue weighted by molar-refractivity contribution is 5.71. The van der Waals surface area contributed by atoms with Crippen LogP contribution in [0.1, 0.15) is 285 Å². The Bertz CT molecular complexity index is 885. The van der Waals surface area contributed by atoms with Crippen LogP contribution in [0.25, 0.3) is 0 Å². The third-order valence-electron chi connectivity index (χ3n) is 11.7. The Hall–Kier alpha value is -1.59. The highest BCUT2D eigenvalue weighted by Crippen LogP contribution is 2.17. The van der Waals surface area contributed by atoms with Crippen LogP contribution >= 0.6 is 0 Å². The quantitative estimate of drug-likeness (QED) is 0.0346. The van der Waals surface area contributed by atoms with Crippen LogP contribution in [0.3, 0.4) is 0 Å². The molecule has 0 aromatic heterocycles. The number of hydrogen-bond acceptors (Lipinski definition) is 6. The van der Waals surface area contributed by atoms with Gasteiger partial charge in [-0.05, 0) is 31.1 Å². The van der Waals surface area contributed by atoms with Crippen LogP contribution in [0.2, 0.25) is 0 Å². The molecule has 0 radical (unpaired) electrons. The van der Waals surface area contributed by atoms with Gasteiger partial charge in [0.2, 0.25) is 0 Å². The van der Waals surface area contributed by atoms with Crippen molar-refractivity contribution in [1.29, 1.82) is 0 Å². The van der Waals surface area contributed by atoms with Crippen LogP contribution in [0.4, 0.5) is 0 Å². The second-order valence-electron chi connectivity index (χ2n) is 18.8. The Morgan fingerprint density at radius 2 is 0.569 bits per heavy atom. The molecular formula is C52H100O6. The molecule has 0 spiro atoms. The van der Waals surface area contributed by atoms with Crippen LogP contribution in [-0.2, 0) is 28.6 Å². The maximum atomic E-state index is 12.8. The van der Waals surface area contributed by atoms with Gasteiger partial charge in [-0.15, -0.1) is 0 Å². The summed E-state index contributed by atoms with van der Waals surface area (Å²) in [5, 5.41) is 0. The Morgan fingerprint density at radius 1 is 0.328 bits per heavy atom. The molecule has 0 N–H and O–H groups in total. The van der Waals surface area contributed by atoms with Gasteiger partial charge in [0.25, 0.3) is 0 Å². The van der Waals surface area contributed by atoms with Crippen LogP contribution in [0, 0.1) is 11.8 Å². The normalized spacial score (nSPS) is 12.1. The monoisotopic (exact) mass is 821 g/mol. The maximum Gasteiger partial charge on any atom is 0.306 e. The van der Waals surface area contributed by atoms with Gasteiger partial charge in [-0.2, -0.15) is 0 Å². The fourth-order valence-corrected chi connectivity index (χ4v) is 7.81. The van der Waals surface area contributed by atoms with Gasteiger partial charge in [0.15, 0.2) is 6.10 Å². The molecule has 0 saturated carbocycles. The molecule has 0 unspecified atom stereocenters. The highest BCUT2D eigenvalue weighted by atomic mass is 16.6. The zero-order valence-electron chi connectivity index (χ0n) is 39.7. The number of rotatable bonds is 46. The predicted molar refractivity (Wildman–Crippen MR) is 247 cm³/mol. The molecule has 0 amide bonds. The molecular weight excluding hydrogens is 721 g/mol. The van der Waals surface area contributed by atoms with E-state index in [1.165, 1.54) is 173 Å². The molecule has 0 aromatic carbocycles. The molecule has 0 rings (SSSR count). The van der Waals surface area contributed by atoms with Crippen LogP contribution in [0.5, 0.6) is 0 Å². The largest absolute Gasteiger partial charge is 0.462 e. The summed E-state index contributed by atoms with van der Waals surface area (Å²) in [7, 11) is 0. The third kappa shape index (κ3) is 45.5. The maximum absolute atomic E-state index is 12.8. The predicted octanol–water partition coefficient (Wildman–Crippen LogP) is 16.5. The standard InChI is InChI=1S/C52H100O6/c1-6-7-8-9-10-20-27-32-37-42-50(53)56-45-49(46-57-51(54)43-38-33-28-23-18-15-14-17-22-26-31-36-41-48(4)5)58-52(55)44-39-34-29-24-19-13-11-12-16-21-25-30-35-40-47(2)3/h47-49H,6-46H2,1-5H3/t49-/m0/s1. The fraction of sp³-hybridized carbons (Fsp3) is 0.942. The van der Waals surface area contributed by atoms with E-state index < -0.39 is 6.10 Å². The first-order valence-electron chi connectivity index (χ1n) is 25.7. The summed E-state index contributed by atoms with van der Waals surface area (Å²) in [4.78, 5) is 37.9. The minimum absolute atomic E-state index is 0.0637. The van der Waals surface area contributed by atoms with E-state index in [0.717, 1.165) is 69.6 Å². The van der Waals surface area contributed by atoms with Crippen LogP contribution in [0.15, 0.2) is 0 Å². The number of unbranched alkanes of at least 4 members (excludes halogenated alkanes) is 31. The SMILES string of the molecule is CCCCCCCCCCCC(=O)OC[C@@H](COC(=O)CCCCCCCCCCCCCCC(C)C)OC(=O)CCCCCCCCCCCCCCCC(C)C. The molecule has 58 heavy (non-hydrogen) atoms. The Kier molecular flexibility index (Phi) is 43.7. The molecule has 0 bridgehead atoms. The van der Waals surface area contributed by atoms with Gasteiger partial charge < -0.3 is 14.2 Å². The van der Waals surface area contributed by atoms with Crippen molar-refractivity contribution in [2.45, 2.75) is 291 Å². The minimum Gasteiger partial charge on any atom is -0.462 e. The number of carbonyl (C=O) groups excluding carboxylic acids is 3. The van der Waals surface area contributed by atoms with E-state index in [2.05, 4.69) is 34.6 Å². The summed E-state index contributed by atoms with van der Waals surface area (Å²) in [5.74, 6) is 0.822. The number of carbonyl (C=O) groups is 3. The number of ether oxygens (including phenoxy) is 3. The molecule has 0 aliphatic carbocycles. The smallest absolute Gasteiger partial charge is 0.306 e. The average molecular weight is 821 g/mol. The van der Waals surface area contributed by atoms with Crippen molar-refractivity contribution >= 4 is 17.9 Å². The van der Waals surface area contributed by atoms with Gasteiger partial charge in [0.1, 0.15) is 13.2 Å². The lowest BCUT2D eigenvalue weighted by atomic mass is 10.0. The van der Waals surface area contributed by atoms with Crippen molar-refractivity contribution in [2.75, 3.05) is 13.2 Å².